The smallest absolute Gasteiger partial charge is 0.402 e. The number of methoxy groups -OCH3 is 1. The lowest BCUT2D eigenvalue weighted by atomic mass is 9.52. The van der Waals surface area contributed by atoms with Crippen LogP contribution in [0.25, 0.3) is 0 Å². The topological polar surface area (TPSA) is 89.9 Å². The fourth-order valence-electron chi connectivity index (χ4n) is 5.26. The van der Waals surface area contributed by atoms with Crippen molar-refractivity contribution < 1.29 is 36.0 Å². The van der Waals surface area contributed by atoms with E-state index in [9.17, 15) is 22.0 Å². The highest BCUT2D eigenvalue weighted by atomic mass is 32.2. The van der Waals surface area contributed by atoms with Crippen LogP contribution in [0.3, 0.4) is 0 Å². The number of hydrogen-bond donors (Lipinski definition) is 1. The number of carbonyl (C=O) groups excluding carboxylic acids is 1. The van der Waals surface area contributed by atoms with E-state index in [2.05, 4.69) is 4.74 Å². The third-order valence-electron chi connectivity index (χ3n) is 6.15. The number of ether oxygens (including phenoxy) is 2. The molecule has 3 saturated carbocycles. The van der Waals surface area contributed by atoms with Gasteiger partial charge in [-0.2, -0.15) is 17.2 Å². The number of hydrogen-bond acceptors (Lipinski definition) is 5. The van der Waals surface area contributed by atoms with Gasteiger partial charge in [0, 0.05) is 7.11 Å². The predicted octanol–water partition coefficient (Wildman–Crippen LogP) is 2.24. The lowest BCUT2D eigenvalue weighted by molar-refractivity contribution is -0.181. The monoisotopic (exact) mass is 368 g/mol. The van der Waals surface area contributed by atoms with Gasteiger partial charge in [-0.15, -0.1) is 0 Å². The van der Waals surface area contributed by atoms with Gasteiger partial charge in [-0.1, -0.05) is 6.92 Å². The molecule has 0 heterocycles. The zero-order chi connectivity index (χ0) is 18.0. The molecule has 0 spiro atoms. The van der Waals surface area contributed by atoms with Gasteiger partial charge in [-0.25, -0.2) is 0 Å². The number of carbonyl (C=O) groups is 1. The average Bonchev–Trinajstić information content (AvgIpc) is 2.69. The Bertz CT molecular complexity index is 650. The van der Waals surface area contributed by atoms with Gasteiger partial charge in [-0.05, 0) is 49.9 Å². The normalized spacial score (nSPS) is 41.5. The van der Waals surface area contributed by atoms with Gasteiger partial charge < -0.3 is 9.47 Å². The predicted molar refractivity (Wildman–Crippen MR) is 78.9 cm³/mol. The van der Waals surface area contributed by atoms with Crippen molar-refractivity contribution >= 4 is 16.1 Å². The second-order valence-electron chi connectivity index (χ2n) is 7.72. The summed E-state index contributed by atoms with van der Waals surface area (Å²) in [5, 5.41) is -4.50. The van der Waals surface area contributed by atoms with Crippen LogP contribution in [0.5, 0.6) is 0 Å². The summed E-state index contributed by atoms with van der Waals surface area (Å²) in [5.41, 5.74) is -1.10. The molecule has 3 aliphatic rings. The van der Waals surface area contributed by atoms with E-state index in [4.69, 9.17) is 9.29 Å². The molecule has 0 saturated heterocycles. The molecule has 5 unspecified atom stereocenters. The molecule has 138 valence electrons. The van der Waals surface area contributed by atoms with Gasteiger partial charge in [0.25, 0.3) is 0 Å². The van der Waals surface area contributed by atoms with E-state index in [-0.39, 0.29) is 17.4 Å². The molecule has 0 radical (unpaired) electrons. The van der Waals surface area contributed by atoms with Crippen LogP contribution in [-0.4, -0.2) is 43.5 Å². The van der Waals surface area contributed by atoms with Gasteiger partial charge in [0.1, 0.15) is 0 Å². The molecule has 24 heavy (non-hydrogen) atoms. The largest absolute Gasteiger partial charge is 0.458 e. The van der Waals surface area contributed by atoms with Gasteiger partial charge in [0.15, 0.2) is 6.61 Å². The molecule has 6 nitrogen and oxygen atoms in total. The Hall–Kier alpha value is -0.800. The average molecular weight is 368 g/mol. The third-order valence-corrected chi connectivity index (χ3v) is 7.03. The van der Waals surface area contributed by atoms with Crippen LogP contribution in [-0.2, 0) is 24.4 Å². The van der Waals surface area contributed by atoms with E-state index in [1.165, 1.54) is 0 Å². The Morgan fingerprint density at radius 1 is 1.25 bits per heavy atom. The van der Waals surface area contributed by atoms with Crippen LogP contribution in [0.1, 0.15) is 39.0 Å². The van der Waals surface area contributed by atoms with Gasteiger partial charge >= 0.3 is 21.3 Å². The standard InChI is InChI=1S/C15H22F2O6S/c1-9-3-13(22-2)5-10-6-14(4-9,11(10)7-13)12(18)23-8-15(16,17)24(19,20)21/h9-11H,3-8H2,1-2H3,(H,19,20,21). The van der Waals surface area contributed by atoms with Gasteiger partial charge in [0.2, 0.25) is 0 Å². The third kappa shape index (κ3) is 2.55. The Morgan fingerprint density at radius 2 is 1.92 bits per heavy atom. The molecule has 3 fully saturated rings. The van der Waals surface area contributed by atoms with Crippen LogP contribution >= 0.6 is 0 Å². The molecule has 0 aromatic rings. The summed E-state index contributed by atoms with van der Waals surface area (Å²) in [6.45, 7) is 0.338. The quantitative estimate of drug-likeness (QED) is 0.591. The van der Waals surface area contributed by atoms with Crippen LogP contribution < -0.4 is 0 Å². The summed E-state index contributed by atoms with van der Waals surface area (Å²) in [6.07, 6.45) is 3.45. The number of halogens is 2. The fourth-order valence-corrected chi connectivity index (χ4v) is 5.46. The van der Waals surface area contributed by atoms with Crippen molar-refractivity contribution in [3.8, 4) is 0 Å². The minimum Gasteiger partial charge on any atom is -0.458 e. The fraction of sp³-hybridized carbons (Fsp3) is 0.933. The Balaban J connectivity index is 1.76. The molecule has 1 N–H and O–H groups in total. The number of alkyl halides is 2. The van der Waals surface area contributed by atoms with Crippen molar-refractivity contribution in [3.63, 3.8) is 0 Å². The Labute approximate surface area is 139 Å². The summed E-state index contributed by atoms with van der Waals surface area (Å²) < 4.78 is 66.8. The van der Waals surface area contributed by atoms with Crippen molar-refractivity contribution in [1.29, 1.82) is 0 Å². The molecular formula is C15H22F2O6S. The van der Waals surface area contributed by atoms with Crippen molar-refractivity contribution in [2.75, 3.05) is 13.7 Å². The SMILES string of the molecule is COC12CC(C)CC3(C(=O)OCC(F)(F)S(=O)(=O)O)CC(C1)C3C2. The Kier molecular flexibility index (Phi) is 4.01. The van der Waals surface area contributed by atoms with Crippen LogP contribution in [0, 0.1) is 23.2 Å². The molecule has 0 aromatic carbocycles. The second kappa shape index (κ2) is 5.35. The molecule has 9 heteroatoms. The summed E-state index contributed by atoms with van der Waals surface area (Å²) in [7, 11) is -3.95. The number of fused-ring (bicyclic) bond motifs is 1. The van der Waals surface area contributed by atoms with E-state index in [0.29, 0.717) is 25.2 Å². The van der Waals surface area contributed by atoms with Gasteiger partial charge in [0.05, 0.1) is 11.0 Å². The van der Waals surface area contributed by atoms with Crippen LogP contribution in [0.2, 0.25) is 0 Å². The van der Waals surface area contributed by atoms with Crippen molar-refractivity contribution in [3.05, 3.63) is 0 Å². The molecular weight excluding hydrogens is 346 g/mol. The number of rotatable bonds is 5. The summed E-state index contributed by atoms with van der Waals surface area (Å²) in [4.78, 5) is 12.5. The lowest BCUT2D eigenvalue weighted by Gasteiger charge is -2.51. The summed E-state index contributed by atoms with van der Waals surface area (Å²) in [5.74, 6) is -0.278. The first-order valence-corrected chi connectivity index (χ1v) is 9.46. The Morgan fingerprint density at radius 3 is 2.50 bits per heavy atom. The van der Waals surface area contributed by atoms with E-state index < -0.39 is 33.4 Å². The summed E-state index contributed by atoms with van der Waals surface area (Å²) >= 11 is 0. The highest BCUT2D eigenvalue weighted by molar-refractivity contribution is 7.86. The first-order valence-electron chi connectivity index (χ1n) is 8.02. The highest BCUT2D eigenvalue weighted by Gasteiger charge is 2.68. The van der Waals surface area contributed by atoms with Crippen molar-refractivity contribution in [2.24, 2.45) is 23.2 Å². The maximum Gasteiger partial charge on any atom is 0.402 e. The molecule has 5 atom stereocenters. The van der Waals surface area contributed by atoms with Crippen molar-refractivity contribution in [1.82, 2.24) is 0 Å². The zero-order valence-corrected chi connectivity index (χ0v) is 14.4. The summed E-state index contributed by atoms with van der Waals surface area (Å²) in [6, 6.07) is 0. The second-order valence-corrected chi connectivity index (χ2v) is 9.27. The van der Waals surface area contributed by atoms with E-state index >= 15 is 0 Å². The molecule has 0 aromatic heterocycles. The molecule has 0 aliphatic heterocycles. The lowest BCUT2D eigenvalue weighted by Crippen LogP contribution is -2.53. The first kappa shape index (κ1) is 18.0. The maximum atomic E-state index is 13.3. The molecule has 3 aliphatic carbocycles. The minimum absolute atomic E-state index is 0.0225. The maximum absolute atomic E-state index is 13.3. The van der Waals surface area contributed by atoms with E-state index in [1.807, 2.05) is 6.92 Å². The molecule has 2 bridgehead atoms. The van der Waals surface area contributed by atoms with Gasteiger partial charge in [-0.3, -0.25) is 9.35 Å². The van der Waals surface area contributed by atoms with Crippen LogP contribution in [0.4, 0.5) is 8.78 Å². The highest BCUT2D eigenvalue weighted by Crippen LogP contribution is 2.68. The number of esters is 1. The molecule has 3 rings (SSSR count). The van der Waals surface area contributed by atoms with E-state index in [1.54, 1.807) is 7.11 Å². The minimum atomic E-state index is -5.61. The molecule has 0 amide bonds. The van der Waals surface area contributed by atoms with Crippen LogP contribution in [0.15, 0.2) is 0 Å². The zero-order valence-electron chi connectivity index (χ0n) is 13.6. The first-order chi connectivity index (χ1) is 10.9. The van der Waals surface area contributed by atoms with Crippen molar-refractivity contribution in [2.45, 2.75) is 49.9 Å². The van der Waals surface area contributed by atoms with E-state index in [0.717, 1.165) is 12.8 Å².